The quantitative estimate of drug-likeness (QED) is 0.791. The summed E-state index contributed by atoms with van der Waals surface area (Å²) in [5.41, 5.74) is 0.323. The summed E-state index contributed by atoms with van der Waals surface area (Å²) in [7, 11) is 0. The van der Waals surface area contributed by atoms with E-state index in [1.54, 1.807) is 0 Å². The Kier molecular flexibility index (Phi) is 3.88. The summed E-state index contributed by atoms with van der Waals surface area (Å²) < 4.78 is 5.76. The van der Waals surface area contributed by atoms with E-state index >= 15 is 0 Å². The first-order valence-electron chi connectivity index (χ1n) is 6.71. The first-order chi connectivity index (χ1) is 7.61. The number of nitrogens with one attached hydrogen (secondary N) is 1. The Bertz CT molecular complexity index is 228. The van der Waals surface area contributed by atoms with Gasteiger partial charge < -0.3 is 10.1 Å². The van der Waals surface area contributed by atoms with Gasteiger partial charge in [-0.05, 0) is 46.6 Å². The van der Waals surface area contributed by atoms with E-state index in [1.807, 2.05) is 0 Å². The van der Waals surface area contributed by atoms with Crippen LogP contribution in [0, 0.1) is 0 Å². The Morgan fingerprint density at radius 1 is 1.44 bits per heavy atom. The molecule has 0 saturated carbocycles. The van der Waals surface area contributed by atoms with Crippen LogP contribution >= 0.6 is 0 Å². The number of hydrogen-bond acceptors (Lipinski definition) is 3. The maximum absolute atomic E-state index is 5.76. The van der Waals surface area contributed by atoms with Crippen LogP contribution in [-0.4, -0.2) is 48.8 Å². The van der Waals surface area contributed by atoms with Crippen LogP contribution in [0.4, 0.5) is 0 Å². The maximum atomic E-state index is 5.76. The third-order valence-electron chi connectivity index (χ3n) is 3.89. The van der Waals surface area contributed by atoms with Gasteiger partial charge in [0.2, 0.25) is 0 Å². The van der Waals surface area contributed by atoms with Crippen molar-refractivity contribution in [2.45, 2.75) is 57.7 Å². The highest BCUT2D eigenvalue weighted by molar-refractivity contribution is 4.95. The van der Waals surface area contributed by atoms with Crippen LogP contribution in [0.2, 0.25) is 0 Å². The molecule has 94 valence electrons. The van der Waals surface area contributed by atoms with E-state index in [1.165, 1.54) is 25.8 Å². The van der Waals surface area contributed by atoms with E-state index < -0.39 is 0 Å². The molecule has 0 spiro atoms. The molecule has 3 nitrogen and oxygen atoms in total. The second kappa shape index (κ2) is 5.03. The average Bonchev–Trinajstić information content (AvgIpc) is 2.60. The lowest BCUT2D eigenvalue weighted by atomic mass is 9.98. The third kappa shape index (κ3) is 2.96. The lowest BCUT2D eigenvalue weighted by Crippen LogP contribution is -2.46. The number of likely N-dealkylation sites (tertiary alicyclic amines) is 1. The molecule has 0 bridgehead atoms. The third-order valence-corrected chi connectivity index (χ3v) is 3.89. The summed E-state index contributed by atoms with van der Waals surface area (Å²) in [5.74, 6) is 0. The normalized spacial score (nSPS) is 35.4. The van der Waals surface area contributed by atoms with Crippen molar-refractivity contribution < 1.29 is 4.74 Å². The molecule has 2 saturated heterocycles. The van der Waals surface area contributed by atoms with Crippen molar-refractivity contribution in [2.75, 3.05) is 26.2 Å². The number of piperidine rings is 1. The number of rotatable bonds is 3. The zero-order valence-corrected chi connectivity index (χ0v) is 11.0. The molecule has 2 rings (SSSR count). The summed E-state index contributed by atoms with van der Waals surface area (Å²) in [6.45, 7) is 11.1. The molecule has 0 aromatic rings. The lowest BCUT2D eigenvalue weighted by molar-refractivity contribution is -0.00546. The topological polar surface area (TPSA) is 24.5 Å². The molecule has 2 aliphatic heterocycles. The minimum Gasteiger partial charge on any atom is -0.377 e. The Morgan fingerprint density at radius 3 is 2.88 bits per heavy atom. The molecule has 1 N–H and O–H groups in total. The molecule has 2 aliphatic rings. The SMILES string of the molecule is CCOC1CCCN(C2CNC(C)(C)C2)C1. The predicted octanol–water partition coefficient (Wildman–Crippen LogP) is 1.63. The highest BCUT2D eigenvalue weighted by Gasteiger charge is 2.35. The van der Waals surface area contributed by atoms with Crippen LogP contribution < -0.4 is 5.32 Å². The molecule has 0 radical (unpaired) electrons. The van der Waals surface area contributed by atoms with E-state index in [0.717, 1.165) is 25.7 Å². The summed E-state index contributed by atoms with van der Waals surface area (Å²) >= 11 is 0. The second-order valence-corrected chi connectivity index (χ2v) is 5.84. The summed E-state index contributed by atoms with van der Waals surface area (Å²) in [6.07, 6.45) is 4.28. The molecule has 0 aliphatic carbocycles. The van der Waals surface area contributed by atoms with Crippen molar-refractivity contribution in [1.82, 2.24) is 10.2 Å². The van der Waals surface area contributed by atoms with Crippen molar-refractivity contribution in [3.8, 4) is 0 Å². The molecule has 2 heterocycles. The Labute approximate surface area is 99.5 Å². The molecular weight excluding hydrogens is 200 g/mol. The summed E-state index contributed by atoms with van der Waals surface area (Å²) in [5, 5.41) is 3.61. The van der Waals surface area contributed by atoms with E-state index in [9.17, 15) is 0 Å². The van der Waals surface area contributed by atoms with Crippen molar-refractivity contribution in [3.63, 3.8) is 0 Å². The van der Waals surface area contributed by atoms with Gasteiger partial charge in [0.25, 0.3) is 0 Å². The van der Waals surface area contributed by atoms with Crippen LogP contribution in [0.1, 0.15) is 40.0 Å². The van der Waals surface area contributed by atoms with Gasteiger partial charge in [0.1, 0.15) is 0 Å². The highest BCUT2D eigenvalue weighted by Crippen LogP contribution is 2.25. The van der Waals surface area contributed by atoms with E-state index in [2.05, 4.69) is 31.0 Å². The molecule has 0 aromatic carbocycles. The molecule has 2 fully saturated rings. The smallest absolute Gasteiger partial charge is 0.0702 e. The van der Waals surface area contributed by atoms with Gasteiger partial charge in [0.15, 0.2) is 0 Å². The number of ether oxygens (including phenoxy) is 1. The Hall–Kier alpha value is -0.120. The molecule has 2 unspecified atom stereocenters. The predicted molar refractivity (Wildman–Crippen MR) is 66.7 cm³/mol. The largest absolute Gasteiger partial charge is 0.377 e. The number of nitrogens with zero attached hydrogens (tertiary/aromatic N) is 1. The van der Waals surface area contributed by atoms with Crippen molar-refractivity contribution in [2.24, 2.45) is 0 Å². The zero-order valence-electron chi connectivity index (χ0n) is 11.0. The van der Waals surface area contributed by atoms with Crippen LogP contribution in [0.5, 0.6) is 0 Å². The fraction of sp³-hybridized carbons (Fsp3) is 1.00. The first-order valence-corrected chi connectivity index (χ1v) is 6.71. The maximum Gasteiger partial charge on any atom is 0.0702 e. The minimum atomic E-state index is 0.323. The highest BCUT2D eigenvalue weighted by atomic mass is 16.5. The van der Waals surface area contributed by atoms with Gasteiger partial charge in [-0.25, -0.2) is 0 Å². The van der Waals surface area contributed by atoms with E-state index in [-0.39, 0.29) is 0 Å². The van der Waals surface area contributed by atoms with Gasteiger partial charge in [-0.2, -0.15) is 0 Å². The molecule has 16 heavy (non-hydrogen) atoms. The standard InChI is InChI=1S/C13H26N2O/c1-4-16-12-6-5-7-15(10-12)11-8-13(2,3)14-9-11/h11-12,14H,4-10H2,1-3H3. The first kappa shape index (κ1) is 12.3. The Balaban J connectivity index is 1.85. The number of hydrogen-bond donors (Lipinski definition) is 1. The van der Waals surface area contributed by atoms with Gasteiger partial charge >= 0.3 is 0 Å². The molecule has 3 heteroatoms. The molecule has 0 amide bonds. The Morgan fingerprint density at radius 2 is 2.25 bits per heavy atom. The average molecular weight is 226 g/mol. The van der Waals surface area contributed by atoms with Crippen LogP contribution in [0.15, 0.2) is 0 Å². The summed E-state index contributed by atoms with van der Waals surface area (Å²) in [6, 6.07) is 0.721. The van der Waals surface area contributed by atoms with Gasteiger partial charge in [-0.3, -0.25) is 4.90 Å². The fourth-order valence-electron chi connectivity index (χ4n) is 3.06. The van der Waals surface area contributed by atoms with Crippen molar-refractivity contribution in [3.05, 3.63) is 0 Å². The molecule has 2 atom stereocenters. The van der Waals surface area contributed by atoms with Crippen LogP contribution in [0.3, 0.4) is 0 Å². The monoisotopic (exact) mass is 226 g/mol. The van der Waals surface area contributed by atoms with Gasteiger partial charge in [-0.15, -0.1) is 0 Å². The zero-order chi connectivity index (χ0) is 11.6. The van der Waals surface area contributed by atoms with Crippen LogP contribution in [0.25, 0.3) is 0 Å². The van der Waals surface area contributed by atoms with Crippen molar-refractivity contribution in [1.29, 1.82) is 0 Å². The second-order valence-electron chi connectivity index (χ2n) is 5.84. The van der Waals surface area contributed by atoms with Gasteiger partial charge in [0, 0.05) is 31.3 Å². The molecular formula is C13H26N2O. The minimum absolute atomic E-state index is 0.323. The van der Waals surface area contributed by atoms with Gasteiger partial charge in [0.05, 0.1) is 6.10 Å². The van der Waals surface area contributed by atoms with E-state index in [4.69, 9.17) is 4.74 Å². The van der Waals surface area contributed by atoms with Crippen LogP contribution in [-0.2, 0) is 4.74 Å². The molecule has 0 aromatic heterocycles. The lowest BCUT2D eigenvalue weighted by Gasteiger charge is -2.36. The summed E-state index contributed by atoms with van der Waals surface area (Å²) in [4.78, 5) is 2.63. The van der Waals surface area contributed by atoms with Gasteiger partial charge in [-0.1, -0.05) is 0 Å². The van der Waals surface area contributed by atoms with E-state index in [0.29, 0.717) is 11.6 Å². The van der Waals surface area contributed by atoms with Crippen molar-refractivity contribution >= 4 is 0 Å². The fourth-order valence-corrected chi connectivity index (χ4v) is 3.06.